The smallest absolute Gasteiger partial charge is 0.145 e. The van der Waals surface area contributed by atoms with Gasteiger partial charge in [0.2, 0.25) is 0 Å². The van der Waals surface area contributed by atoms with Crippen molar-refractivity contribution in [1.82, 2.24) is 0 Å². The van der Waals surface area contributed by atoms with E-state index in [0.717, 1.165) is 5.56 Å². The van der Waals surface area contributed by atoms with Gasteiger partial charge < -0.3 is 4.74 Å². The van der Waals surface area contributed by atoms with Gasteiger partial charge in [-0.05, 0) is 40.5 Å². The number of rotatable bonds is 4. The largest absolute Gasteiger partial charge is 0.369 e. The van der Waals surface area contributed by atoms with Crippen molar-refractivity contribution in [2.75, 3.05) is 0 Å². The van der Waals surface area contributed by atoms with Crippen LogP contribution in [0.1, 0.15) is 24.2 Å². The highest BCUT2D eigenvalue weighted by Gasteiger charge is 2.14. The van der Waals surface area contributed by atoms with Gasteiger partial charge in [-0.15, -0.1) is 0 Å². The number of hydrogen-bond acceptors (Lipinski definition) is 1. The summed E-state index contributed by atoms with van der Waals surface area (Å²) >= 11 is 3.03. The van der Waals surface area contributed by atoms with E-state index in [1.165, 1.54) is 12.1 Å². The van der Waals surface area contributed by atoms with Crippen molar-refractivity contribution in [3.8, 4) is 0 Å². The van der Waals surface area contributed by atoms with Gasteiger partial charge in [-0.2, -0.15) is 0 Å². The maximum absolute atomic E-state index is 13.7. The van der Waals surface area contributed by atoms with Crippen molar-refractivity contribution in [2.45, 2.75) is 19.6 Å². The van der Waals surface area contributed by atoms with E-state index in [1.807, 2.05) is 37.3 Å². The Hall–Kier alpha value is -1.26. The van der Waals surface area contributed by atoms with Gasteiger partial charge in [-0.1, -0.05) is 30.3 Å². The second-order valence-electron chi connectivity index (χ2n) is 4.19. The van der Waals surface area contributed by atoms with Gasteiger partial charge in [-0.25, -0.2) is 8.78 Å². The Morgan fingerprint density at radius 3 is 2.47 bits per heavy atom. The monoisotopic (exact) mass is 326 g/mol. The third-order valence-corrected chi connectivity index (χ3v) is 3.50. The van der Waals surface area contributed by atoms with Crippen LogP contribution in [0, 0.1) is 11.6 Å². The molecule has 100 valence electrons. The Kier molecular flexibility index (Phi) is 4.66. The molecule has 0 aliphatic carbocycles. The predicted octanol–water partition coefficient (Wildman–Crippen LogP) is 5.01. The fraction of sp³-hybridized carbons (Fsp3) is 0.200. The van der Waals surface area contributed by atoms with Crippen LogP contribution in [0.3, 0.4) is 0 Å². The van der Waals surface area contributed by atoms with Gasteiger partial charge in [0.15, 0.2) is 0 Å². The van der Waals surface area contributed by atoms with Crippen molar-refractivity contribution in [3.05, 3.63) is 69.7 Å². The van der Waals surface area contributed by atoms with E-state index in [2.05, 4.69) is 15.9 Å². The molecule has 0 aliphatic rings. The molecule has 0 saturated carbocycles. The molecule has 2 rings (SSSR count). The van der Waals surface area contributed by atoms with Gasteiger partial charge in [0.1, 0.15) is 11.6 Å². The Balaban J connectivity index is 2.09. The maximum Gasteiger partial charge on any atom is 0.145 e. The summed E-state index contributed by atoms with van der Waals surface area (Å²) in [5.41, 5.74) is 0.912. The zero-order valence-electron chi connectivity index (χ0n) is 10.4. The average molecular weight is 327 g/mol. The number of ether oxygens (including phenoxy) is 1. The lowest BCUT2D eigenvalue weighted by molar-refractivity contribution is 0.0490. The maximum atomic E-state index is 13.7. The minimum Gasteiger partial charge on any atom is -0.369 e. The lowest BCUT2D eigenvalue weighted by Gasteiger charge is -2.14. The molecule has 0 aliphatic heterocycles. The molecule has 4 heteroatoms. The Bertz CT molecular complexity index is 558. The van der Waals surface area contributed by atoms with Crippen molar-refractivity contribution in [2.24, 2.45) is 0 Å². The minimum atomic E-state index is -0.611. The van der Waals surface area contributed by atoms with Gasteiger partial charge in [0.05, 0.1) is 22.7 Å². The SMILES string of the molecule is CC(OCc1c(F)ccc(Br)c1F)c1ccccc1. The van der Waals surface area contributed by atoms with Crippen LogP contribution in [0.4, 0.5) is 8.78 Å². The average Bonchev–Trinajstić information content (AvgIpc) is 2.44. The summed E-state index contributed by atoms with van der Waals surface area (Å²) < 4.78 is 33.1. The second kappa shape index (κ2) is 6.26. The Labute approximate surface area is 119 Å². The first-order chi connectivity index (χ1) is 9.09. The molecule has 1 unspecified atom stereocenters. The first kappa shape index (κ1) is 14.2. The highest BCUT2D eigenvalue weighted by Crippen LogP contribution is 2.24. The van der Waals surface area contributed by atoms with E-state index in [9.17, 15) is 8.78 Å². The summed E-state index contributed by atoms with van der Waals surface area (Å²) in [6.45, 7) is 1.75. The third-order valence-electron chi connectivity index (χ3n) is 2.89. The van der Waals surface area contributed by atoms with Gasteiger partial charge in [0.25, 0.3) is 0 Å². The molecule has 0 bridgehead atoms. The fourth-order valence-electron chi connectivity index (χ4n) is 1.73. The third kappa shape index (κ3) is 3.39. The van der Waals surface area contributed by atoms with Crippen molar-refractivity contribution >= 4 is 15.9 Å². The normalized spacial score (nSPS) is 12.4. The number of halogens is 3. The summed E-state index contributed by atoms with van der Waals surface area (Å²) in [5.74, 6) is -1.21. The highest BCUT2D eigenvalue weighted by atomic mass is 79.9. The summed E-state index contributed by atoms with van der Waals surface area (Å²) in [7, 11) is 0. The molecule has 1 nitrogen and oxygen atoms in total. The van der Waals surface area contributed by atoms with Crippen LogP contribution < -0.4 is 0 Å². The van der Waals surface area contributed by atoms with Crippen LogP contribution in [0.15, 0.2) is 46.9 Å². The van der Waals surface area contributed by atoms with E-state index < -0.39 is 11.6 Å². The molecule has 2 aromatic carbocycles. The van der Waals surface area contributed by atoms with E-state index >= 15 is 0 Å². The molecule has 1 atom stereocenters. The second-order valence-corrected chi connectivity index (χ2v) is 5.04. The van der Waals surface area contributed by atoms with Gasteiger partial charge in [0, 0.05) is 0 Å². The standard InChI is InChI=1S/C15H13BrF2O/c1-10(11-5-3-2-4-6-11)19-9-12-14(17)8-7-13(16)15(12)18/h2-8,10H,9H2,1H3. The van der Waals surface area contributed by atoms with Crippen LogP contribution in [-0.4, -0.2) is 0 Å². The van der Waals surface area contributed by atoms with Crippen LogP contribution in [0.25, 0.3) is 0 Å². The Morgan fingerprint density at radius 1 is 1.11 bits per heavy atom. The van der Waals surface area contributed by atoms with Crippen molar-refractivity contribution < 1.29 is 13.5 Å². The zero-order chi connectivity index (χ0) is 13.8. The van der Waals surface area contributed by atoms with E-state index in [-0.39, 0.29) is 22.7 Å². The summed E-state index contributed by atoms with van der Waals surface area (Å²) in [6, 6.07) is 12.1. The van der Waals surface area contributed by atoms with Crippen LogP contribution in [-0.2, 0) is 11.3 Å². The topological polar surface area (TPSA) is 9.23 Å². The molecule has 0 aromatic heterocycles. The summed E-state index contributed by atoms with van der Waals surface area (Å²) in [5, 5.41) is 0. The molecule has 0 heterocycles. The lowest BCUT2D eigenvalue weighted by atomic mass is 10.1. The molecule has 2 aromatic rings. The summed E-state index contributed by atoms with van der Waals surface area (Å²) in [4.78, 5) is 0. The number of benzene rings is 2. The molecule has 0 amide bonds. The van der Waals surface area contributed by atoms with Gasteiger partial charge in [-0.3, -0.25) is 0 Å². The van der Waals surface area contributed by atoms with Crippen molar-refractivity contribution in [1.29, 1.82) is 0 Å². The quantitative estimate of drug-likeness (QED) is 0.718. The summed E-state index contributed by atoms with van der Waals surface area (Å²) in [6.07, 6.45) is -0.223. The molecule has 0 fully saturated rings. The van der Waals surface area contributed by atoms with Crippen LogP contribution in [0.2, 0.25) is 0 Å². The predicted molar refractivity (Wildman–Crippen MR) is 73.7 cm³/mol. The Morgan fingerprint density at radius 2 is 1.79 bits per heavy atom. The van der Waals surface area contributed by atoms with E-state index in [1.54, 1.807) is 0 Å². The van der Waals surface area contributed by atoms with Crippen LogP contribution in [0.5, 0.6) is 0 Å². The zero-order valence-corrected chi connectivity index (χ0v) is 12.0. The van der Waals surface area contributed by atoms with E-state index in [4.69, 9.17) is 4.74 Å². The first-order valence-corrected chi connectivity index (χ1v) is 6.68. The molecule has 0 saturated heterocycles. The fourth-order valence-corrected chi connectivity index (χ4v) is 2.10. The molecular formula is C15H13BrF2O. The molecular weight excluding hydrogens is 314 g/mol. The highest BCUT2D eigenvalue weighted by molar-refractivity contribution is 9.10. The molecule has 0 spiro atoms. The number of hydrogen-bond donors (Lipinski definition) is 0. The minimum absolute atomic E-state index is 0.0582. The van der Waals surface area contributed by atoms with E-state index in [0.29, 0.717) is 0 Å². The molecule has 19 heavy (non-hydrogen) atoms. The van der Waals surface area contributed by atoms with Gasteiger partial charge >= 0.3 is 0 Å². The van der Waals surface area contributed by atoms with Crippen molar-refractivity contribution in [3.63, 3.8) is 0 Å². The molecule has 0 N–H and O–H groups in total. The first-order valence-electron chi connectivity index (χ1n) is 5.88. The molecule has 0 radical (unpaired) electrons. The van der Waals surface area contributed by atoms with Crippen LogP contribution >= 0.6 is 15.9 Å². The lowest BCUT2D eigenvalue weighted by Crippen LogP contribution is -2.04.